The molecule has 1 N–H and O–H groups in total. The van der Waals surface area contributed by atoms with Crippen LogP contribution in [-0.4, -0.2) is 70.4 Å². The zero-order chi connectivity index (χ0) is 20.7. The Hall–Kier alpha value is -2.13. The fourth-order valence-electron chi connectivity index (χ4n) is 3.16. The van der Waals surface area contributed by atoms with E-state index >= 15 is 0 Å². The predicted octanol–water partition coefficient (Wildman–Crippen LogP) is 1.29. The first kappa shape index (κ1) is 22.2. The lowest BCUT2D eigenvalue weighted by atomic mass is 9.97. The highest BCUT2D eigenvalue weighted by atomic mass is 32.2. The number of piperidine rings is 1. The number of methoxy groups -OCH3 is 1. The van der Waals surface area contributed by atoms with Gasteiger partial charge in [0, 0.05) is 33.7 Å². The zero-order valence-corrected chi connectivity index (χ0v) is 17.8. The smallest absolute Gasteiger partial charge is 0.308 e. The standard InChI is InChI=1S/C19H30N4O4S/c1-5-20-19(23-12-10-15(11-13-23)18(24)27-4)21-14-16-8-6-7-9-17(16)28(25,26)22(2)3/h6-9,15H,5,10-14H2,1-4H3,(H,20,21). The largest absolute Gasteiger partial charge is 0.469 e. The Morgan fingerprint density at radius 1 is 1.29 bits per heavy atom. The van der Waals surface area contributed by atoms with Gasteiger partial charge in [-0.3, -0.25) is 4.79 Å². The molecule has 0 amide bonds. The van der Waals surface area contributed by atoms with Crippen LogP contribution in [0.3, 0.4) is 0 Å². The number of guanidine groups is 1. The second-order valence-electron chi connectivity index (χ2n) is 6.85. The van der Waals surface area contributed by atoms with Gasteiger partial charge in [0.2, 0.25) is 10.0 Å². The molecule has 1 aliphatic heterocycles. The van der Waals surface area contributed by atoms with E-state index < -0.39 is 10.0 Å². The first-order valence-corrected chi connectivity index (χ1v) is 10.9. The van der Waals surface area contributed by atoms with Crippen molar-refractivity contribution in [1.29, 1.82) is 0 Å². The number of nitrogens with zero attached hydrogens (tertiary/aromatic N) is 3. The summed E-state index contributed by atoms with van der Waals surface area (Å²) in [4.78, 5) is 18.8. The van der Waals surface area contributed by atoms with Gasteiger partial charge >= 0.3 is 5.97 Å². The third-order valence-corrected chi connectivity index (χ3v) is 6.71. The summed E-state index contributed by atoms with van der Waals surface area (Å²) in [6.07, 6.45) is 1.42. The molecule has 0 aliphatic carbocycles. The number of nitrogens with one attached hydrogen (secondary N) is 1. The van der Waals surface area contributed by atoms with Crippen molar-refractivity contribution in [3.8, 4) is 0 Å². The van der Waals surface area contributed by atoms with Gasteiger partial charge in [-0.2, -0.15) is 0 Å². The average Bonchev–Trinajstić information content (AvgIpc) is 2.70. The van der Waals surface area contributed by atoms with Crippen molar-refractivity contribution < 1.29 is 17.9 Å². The quantitative estimate of drug-likeness (QED) is 0.432. The third kappa shape index (κ3) is 5.23. The monoisotopic (exact) mass is 410 g/mol. The highest BCUT2D eigenvalue weighted by molar-refractivity contribution is 7.89. The van der Waals surface area contributed by atoms with Crippen molar-refractivity contribution in [3.63, 3.8) is 0 Å². The lowest BCUT2D eigenvalue weighted by molar-refractivity contribution is -0.146. The summed E-state index contributed by atoms with van der Waals surface area (Å²) in [7, 11) is 0.920. The van der Waals surface area contributed by atoms with E-state index in [1.807, 2.05) is 13.0 Å². The summed E-state index contributed by atoms with van der Waals surface area (Å²) in [5, 5.41) is 3.26. The molecule has 0 unspecified atom stereocenters. The summed E-state index contributed by atoms with van der Waals surface area (Å²) < 4.78 is 31.2. The van der Waals surface area contributed by atoms with Gasteiger partial charge in [-0.15, -0.1) is 0 Å². The molecule has 0 aromatic heterocycles. The van der Waals surface area contributed by atoms with Crippen LogP contribution in [0.25, 0.3) is 0 Å². The summed E-state index contributed by atoms with van der Waals surface area (Å²) in [5.74, 6) is 0.488. The van der Waals surface area contributed by atoms with Crippen LogP contribution < -0.4 is 5.32 Å². The molecule has 28 heavy (non-hydrogen) atoms. The molecule has 2 rings (SSSR count). The average molecular weight is 411 g/mol. The first-order chi connectivity index (χ1) is 13.3. The highest BCUT2D eigenvalue weighted by Gasteiger charge is 2.27. The van der Waals surface area contributed by atoms with Crippen LogP contribution in [-0.2, 0) is 26.1 Å². The van der Waals surface area contributed by atoms with E-state index in [0.29, 0.717) is 38.0 Å². The maximum Gasteiger partial charge on any atom is 0.308 e. The summed E-state index contributed by atoms with van der Waals surface area (Å²) in [6.45, 7) is 4.34. The number of hydrogen-bond acceptors (Lipinski definition) is 5. The van der Waals surface area contributed by atoms with Crippen LogP contribution in [0.2, 0.25) is 0 Å². The van der Waals surface area contributed by atoms with Crippen molar-refractivity contribution in [2.75, 3.05) is 40.8 Å². The van der Waals surface area contributed by atoms with E-state index in [2.05, 4.69) is 15.2 Å². The van der Waals surface area contributed by atoms with Crippen molar-refractivity contribution in [2.24, 2.45) is 10.9 Å². The van der Waals surface area contributed by atoms with E-state index in [-0.39, 0.29) is 23.3 Å². The minimum absolute atomic E-state index is 0.0740. The lowest BCUT2D eigenvalue weighted by Gasteiger charge is -2.33. The Morgan fingerprint density at radius 3 is 2.50 bits per heavy atom. The number of benzene rings is 1. The second-order valence-corrected chi connectivity index (χ2v) is 8.97. The number of ether oxygens (including phenoxy) is 1. The maximum atomic E-state index is 12.6. The van der Waals surface area contributed by atoms with E-state index in [1.54, 1.807) is 18.2 Å². The Balaban J connectivity index is 2.18. The van der Waals surface area contributed by atoms with Gasteiger partial charge in [-0.05, 0) is 31.4 Å². The molecule has 1 heterocycles. The molecule has 1 aliphatic rings. The highest BCUT2D eigenvalue weighted by Crippen LogP contribution is 2.21. The van der Waals surface area contributed by atoms with Crippen LogP contribution in [0.4, 0.5) is 0 Å². The molecule has 0 radical (unpaired) electrons. The van der Waals surface area contributed by atoms with Gasteiger partial charge in [0.05, 0.1) is 24.5 Å². The van der Waals surface area contributed by atoms with Crippen LogP contribution >= 0.6 is 0 Å². The molecule has 0 atom stereocenters. The Kier molecular flexibility index (Phi) is 7.82. The maximum absolute atomic E-state index is 12.6. The summed E-state index contributed by atoms with van der Waals surface area (Å²) in [6, 6.07) is 6.92. The molecule has 156 valence electrons. The van der Waals surface area contributed by atoms with E-state index in [0.717, 1.165) is 5.96 Å². The molecule has 1 aromatic carbocycles. The zero-order valence-electron chi connectivity index (χ0n) is 17.0. The van der Waals surface area contributed by atoms with E-state index in [4.69, 9.17) is 4.74 Å². The molecule has 0 bridgehead atoms. The molecule has 1 fully saturated rings. The van der Waals surface area contributed by atoms with Gasteiger partial charge in [0.1, 0.15) is 0 Å². The molecular weight excluding hydrogens is 380 g/mol. The van der Waals surface area contributed by atoms with Crippen molar-refractivity contribution >= 4 is 22.0 Å². The van der Waals surface area contributed by atoms with Crippen molar-refractivity contribution in [3.05, 3.63) is 29.8 Å². The topological polar surface area (TPSA) is 91.3 Å². The number of likely N-dealkylation sites (tertiary alicyclic amines) is 1. The molecule has 0 saturated carbocycles. The number of hydrogen-bond donors (Lipinski definition) is 1. The van der Waals surface area contributed by atoms with Gasteiger partial charge < -0.3 is 15.0 Å². The lowest BCUT2D eigenvalue weighted by Crippen LogP contribution is -2.46. The molecule has 1 aromatic rings. The van der Waals surface area contributed by atoms with Crippen molar-refractivity contribution in [1.82, 2.24) is 14.5 Å². The van der Waals surface area contributed by atoms with E-state index in [9.17, 15) is 13.2 Å². The van der Waals surface area contributed by atoms with Gasteiger partial charge in [0.25, 0.3) is 0 Å². The molecule has 0 spiro atoms. The van der Waals surface area contributed by atoms with Crippen LogP contribution in [0, 0.1) is 5.92 Å². The molecule has 8 nitrogen and oxygen atoms in total. The van der Waals surface area contributed by atoms with Gasteiger partial charge in [0.15, 0.2) is 5.96 Å². The fourth-order valence-corrected chi connectivity index (χ4v) is 4.27. The normalized spacial score (nSPS) is 16.3. The number of carbonyl (C=O) groups excluding carboxylic acids is 1. The van der Waals surface area contributed by atoms with Gasteiger partial charge in [-0.25, -0.2) is 17.7 Å². The number of sulfonamides is 1. The minimum atomic E-state index is -3.53. The molecule has 9 heteroatoms. The van der Waals surface area contributed by atoms with Crippen LogP contribution in [0.5, 0.6) is 0 Å². The second kappa shape index (κ2) is 9.88. The number of aliphatic imine (C=N–C) groups is 1. The minimum Gasteiger partial charge on any atom is -0.469 e. The van der Waals surface area contributed by atoms with Gasteiger partial charge in [-0.1, -0.05) is 18.2 Å². The Bertz CT molecular complexity index is 800. The molecular formula is C19H30N4O4S. The third-order valence-electron chi connectivity index (χ3n) is 4.79. The summed E-state index contributed by atoms with van der Waals surface area (Å²) >= 11 is 0. The number of carbonyl (C=O) groups is 1. The molecule has 1 saturated heterocycles. The SMILES string of the molecule is CCNC(=NCc1ccccc1S(=O)(=O)N(C)C)N1CCC(C(=O)OC)CC1. The fraction of sp³-hybridized carbons (Fsp3) is 0.579. The Labute approximate surface area is 167 Å². The first-order valence-electron chi connectivity index (χ1n) is 9.42. The van der Waals surface area contributed by atoms with Crippen molar-refractivity contribution in [2.45, 2.75) is 31.2 Å². The summed E-state index contributed by atoms with van der Waals surface area (Å²) in [5.41, 5.74) is 0.649. The number of esters is 1. The number of rotatable bonds is 6. The van der Waals surface area contributed by atoms with Crippen LogP contribution in [0.1, 0.15) is 25.3 Å². The van der Waals surface area contributed by atoms with E-state index in [1.165, 1.54) is 25.5 Å². The predicted molar refractivity (Wildman–Crippen MR) is 108 cm³/mol. The van der Waals surface area contributed by atoms with Crippen LogP contribution in [0.15, 0.2) is 34.2 Å². The Morgan fingerprint density at radius 2 is 1.93 bits per heavy atom.